The normalized spacial score (nSPS) is 30.7. The zero-order valence-corrected chi connectivity index (χ0v) is 14.1. The molecule has 1 aromatic heterocycles. The van der Waals surface area contributed by atoms with Gasteiger partial charge in [0.05, 0.1) is 16.5 Å². The second-order valence-electron chi connectivity index (χ2n) is 6.83. The summed E-state index contributed by atoms with van der Waals surface area (Å²) in [5.74, 6) is 0.620. The number of fused-ring (bicyclic) bond motifs is 2. The SMILES string of the molecule is C=CC(=O)N(Cc1ccsc1Cl)C[C@]12C[C@H]1COC21CCC1. The number of ether oxygens (including phenoxy) is 1. The van der Waals surface area contributed by atoms with Crippen LogP contribution < -0.4 is 0 Å². The van der Waals surface area contributed by atoms with Crippen LogP contribution in [-0.4, -0.2) is 29.6 Å². The van der Waals surface area contributed by atoms with Gasteiger partial charge >= 0.3 is 0 Å². The molecule has 118 valence electrons. The lowest BCUT2D eigenvalue weighted by Gasteiger charge is -2.46. The number of halogens is 1. The van der Waals surface area contributed by atoms with E-state index in [2.05, 4.69) is 6.58 Å². The molecule has 1 amide bonds. The fraction of sp³-hybridized carbons (Fsp3) is 0.588. The molecule has 0 radical (unpaired) electrons. The Morgan fingerprint density at radius 3 is 2.95 bits per heavy atom. The summed E-state index contributed by atoms with van der Waals surface area (Å²) in [6, 6.07) is 2.00. The van der Waals surface area contributed by atoms with E-state index in [0.29, 0.717) is 12.5 Å². The summed E-state index contributed by atoms with van der Waals surface area (Å²) in [4.78, 5) is 14.3. The minimum atomic E-state index is -0.0105. The van der Waals surface area contributed by atoms with Crippen molar-refractivity contribution in [2.45, 2.75) is 37.8 Å². The molecule has 1 spiro atoms. The second-order valence-corrected chi connectivity index (χ2v) is 8.35. The zero-order valence-electron chi connectivity index (χ0n) is 12.5. The molecule has 1 saturated heterocycles. The van der Waals surface area contributed by atoms with E-state index >= 15 is 0 Å². The van der Waals surface area contributed by atoms with Crippen molar-refractivity contribution in [3.63, 3.8) is 0 Å². The molecule has 0 bridgehead atoms. The first-order valence-corrected chi connectivity index (χ1v) is 9.13. The van der Waals surface area contributed by atoms with Crippen LogP contribution >= 0.6 is 22.9 Å². The van der Waals surface area contributed by atoms with Crippen LogP contribution in [0.4, 0.5) is 0 Å². The molecule has 2 aliphatic carbocycles. The Balaban J connectivity index is 1.56. The quantitative estimate of drug-likeness (QED) is 0.763. The van der Waals surface area contributed by atoms with Crippen LogP contribution in [0, 0.1) is 11.3 Å². The molecule has 5 heteroatoms. The maximum Gasteiger partial charge on any atom is 0.246 e. The molecule has 0 N–H and O–H groups in total. The van der Waals surface area contributed by atoms with Crippen molar-refractivity contribution >= 4 is 28.8 Å². The van der Waals surface area contributed by atoms with Gasteiger partial charge in [-0.2, -0.15) is 0 Å². The van der Waals surface area contributed by atoms with Crippen LogP contribution in [0.5, 0.6) is 0 Å². The van der Waals surface area contributed by atoms with Gasteiger partial charge in [-0.15, -0.1) is 11.3 Å². The summed E-state index contributed by atoms with van der Waals surface area (Å²) in [6.07, 6.45) is 6.17. The average molecular weight is 338 g/mol. The summed E-state index contributed by atoms with van der Waals surface area (Å²) in [5.41, 5.74) is 1.26. The van der Waals surface area contributed by atoms with Gasteiger partial charge in [-0.05, 0) is 49.1 Å². The molecular formula is C17H20ClNO2S. The van der Waals surface area contributed by atoms with E-state index < -0.39 is 0 Å². The molecule has 1 aromatic rings. The Morgan fingerprint density at radius 1 is 1.59 bits per heavy atom. The van der Waals surface area contributed by atoms with Crippen molar-refractivity contribution in [3.05, 3.63) is 34.0 Å². The van der Waals surface area contributed by atoms with Crippen molar-refractivity contribution < 1.29 is 9.53 Å². The highest BCUT2D eigenvalue weighted by atomic mass is 35.5. The van der Waals surface area contributed by atoms with Gasteiger partial charge in [-0.1, -0.05) is 18.2 Å². The third kappa shape index (κ3) is 2.00. The van der Waals surface area contributed by atoms with Gasteiger partial charge in [-0.25, -0.2) is 0 Å². The van der Waals surface area contributed by atoms with Crippen molar-refractivity contribution in [3.8, 4) is 0 Å². The number of nitrogens with zero attached hydrogens (tertiary/aromatic N) is 1. The number of hydrogen-bond acceptors (Lipinski definition) is 3. The summed E-state index contributed by atoms with van der Waals surface area (Å²) in [5, 5.41) is 1.97. The second kappa shape index (κ2) is 5.08. The number of amides is 1. The lowest BCUT2D eigenvalue weighted by Crippen LogP contribution is -2.51. The van der Waals surface area contributed by atoms with Crippen LogP contribution in [0.1, 0.15) is 31.2 Å². The van der Waals surface area contributed by atoms with Crippen LogP contribution in [0.2, 0.25) is 4.34 Å². The molecule has 3 fully saturated rings. The predicted octanol–water partition coefficient (Wildman–Crippen LogP) is 3.88. The summed E-state index contributed by atoms with van der Waals surface area (Å²) in [6.45, 7) is 5.87. The van der Waals surface area contributed by atoms with Crippen molar-refractivity contribution in [1.82, 2.24) is 4.90 Å². The average Bonchev–Trinajstić information content (AvgIpc) is 2.86. The van der Waals surface area contributed by atoms with Crippen molar-refractivity contribution in [2.75, 3.05) is 13.2 Å². The predicted molar refractivity (Wildman–Crippen MR) is 88.0 cm³/mol. The summed E-state index contributed by atoms with van der Waals surface area (Å²) >= 11 is 7.73. The highest BCUT2D eigenvalue weighted by molar-refractivity contribution is 7.14. The number of carbonyl (C=O) groups is 1. The van der Waals surface area contributed by atoms with Gasteiger partial charge in [-0.3, -0.25) is 4.79 Å². The third-order valence-electron chi connectivity index (χ3n) is 5.88. The molecule has 4 rings (SSSR count). The van der Waals surface area contributed by atoms with Gasteiger partial charge < -0.3 is 9.64 Å². The lowest BCUT2D eigenvalue weighted by molar-refractivity contribution is -0.136. The Labute approximate surface area is 139 Å². The summed E-state index contributed by atoms with van der Waals surface area (Å²) < 4.78 is 6.90. The van der Waals surface area contributed by atoms with E-state index in [1.54, 1.807) is 0 Å². The highest BCUT2D eigenvalue weighted by Crippen LogP contribution is 2.71. The molecule has 2 saturated carbocycles. The minimum Gasteiger partial charge on any atom is -0.374 e. The number of thiophene rings is 1. The Kier molecular flexibility index (Phi) is 3.40. The Hall–Kier alpha value is -0.840. The van der Waals surface area contributed by atoms with Gasteiger partial charge in [0.15, 0.2) is 0 Å². The van der Waals surface area contributed by atoms with Gasteiger partial charge in [0, 0.05) is 24.1 Å². The topological polar surface area (TPSA) is 29.5 Å². The van der Waals surface area contributed by atoms with E-state index in [0.717, 1.165) is 35.9 Å². The van der Waals surface area contributed by atoms with Gasteiger partial charge in [0.25, 0.3) is 0 Å². The maximum atomic E-state index is 12.3. The van der Waals surface area contributed by atoms with Crippen LogP contribution in [0.3, 0.4) is 0 Å². The van der Waals surface area contributed by atoms with Crippen molar-refractivity contribution in [2.24, 2.45) is 11.3 Å². The van der Waals surface area contributed by atoms with Crippen LogP contribution in [0.15, 0.2) is 24.1 Å². The van der Waals surface area contributed by atoms with E-state index in [9.17, 15) is 4.79 Å². The Bertz CT molecular complexity index is 624. The number of rotatable bonds is 5. The molecule has 2 atom stereocenters. The van der Waals surface area contributed by atoms with E-state index in [4.69, 9.17) is 16.3 Å². The molecule has 0 aromatic carbocycles. The smallest absolute Gasteiger partial charge is 0.246 e. The third-order valence-corrected chi connectivity index (χ3v) is 7.13. The molecule has 3 aliphatic rings. The molecule has 2 heterocycles. The largest absolute Gasteiger partial charge is 0.374 e. The first-order chi connectivity index (χ1) is 10.6. The number of hydrogen-bond donors (Lipinski definition) is 0. The van der Waals surface area contributed by atoms with E-state index in [1.807, 2.05) is 16.3 Å². The lowest BCUT2D eigenvalue weighted by atomic mass is 9.68. The highest BCUT2D eigenvalue weighted by Gasteiger charge is 2.73. The molecule has 1 aliphatic heterocycles. The van der Waals surface area contributed by atoms with Crippen molar-refractivity contribution in [1.29, 1.82) is 0 Å². The summed E-state index contributed by atoms with van der Waals surface area (Å²) in [7, 11) is 0. The number of carbonyl (C=O) groups excluding carboxylic acids is 1. The molecular weight excluding hydrogens is 318 g/mol. The minimum absolute atomic E-state index is 0.0105. The molecule has 3 nitrogen and oxygen atoms in total. The fourth-order valence-electron chi connectivity index (χ4n) is 4.36. The first kappa shape index (κ1) is 14.7. The monoisotopic (exact) mass is 337 g/mol. The fourth-order valence-corrected chi connectivity index (χ4v) is 5.27. The maximum absolute atomic E-state index is 12.3. The van der Waals surface area contributed by atoms with E-state index in [-0.39, 0.29) is 16.9 Å². The molecule has 22 heavy (non-hydrogen) atoms. The standard InChI is InChI=1S/C17H20ClNO2S/c1-2-14(20)19(9-12-4-7-22-15(12)18)11-16-8-13(16)10-21-17(16)5-3-6-17/h2,4,7,13H,1,3,5-6,8-11H2/t13-,16+/m0/s1. The molecule has 0 unspecified atom stereocenters. The Morgan fingerprint density at radius 2 is 2.41 bits per heavy atom. The van der Waals surface area contributed by atoms with Crippen LogP contribution in [-0.2, 0) is 16.1 Å². The zero-order chi connectivity index (χ0) is 15.4. The van der Waals surface area contributed by atoms with Gasteiger partial charge in [0.2, 0.25) is 5.91 Å². The first-order valence-electron chi connectivity index (χ1n) is 7.87. The van der Waals surface area contributed by atoms with E-state index in [1.165, 1.54) is 30.3 Å². The van der Waals surface area contributed by atoms with Gasteiger partial charge in [0.1, 0.15) is 0 Å². The van der Waals surface area contributed by atoms with Crippen LogP contribution in [0.25, 0.3) is 0 Å².